The lowest BCUT2D eigenvalue weighted by Gasteiger charge is -2.20. The van der Waals surface area contributed by atoms with Gasteiger partial charge in [0.15, 0.2) is 10.9 Å². The molecule has 0 radical (unpaired) electrons. The number of carboxylic acid groups (broad SMARTS) is 1. The highest BCUT2D eigenvalue weighted by Gasteiger charge is 2.17. The van der Waals surface area contributed by atoms with E-state index in [0.29, 0.717) is 17.4 Å². The van der Waals surface area contributed by atoms with Crippen LogP contribution in [-0.2, 0) is 4.79 Å². The number of ether oxygens (including phenoxy) is 1. The average molecular weight is 441 g/mol. The first-order chi connectivity index (χ1) is 14.5. The van der Waals surface area contributed by atoms with Crippen molar-refractivity contribution in [3.05, 3.63) is 72.3 Å². The van der Waals surface area contributed by atoms with Crippen LogP contribution in [0, 0.1) is 0 Å². The first-order valence-electron chi connectivity index (χ1n) is 9.03. The number of rotatable bonds is 8. The summed E-state index contributed by atoms with van der Waals surface area (Å²) in [5.74, 6) is 0.503. The Hall–Kier alpha value is -3.17. The van der Waals surface area contributed by atoms with Crippen LogP contribution in [0.15, 0.2) is 71.6 Å². The Kier molecular flexibility index (Phi) is 7.58. The van der Waals surface area contributed by atoms with Gasteiger partial charge < -0.3 is 20.5 Å². The Bertz CT molecular complexity index is 983. The zero-order valence-corrected chi connectivity index (χ0v) is 17.7. The fourth-order valence-electron chi connectivity index (χ4n) is 2.62. The maximum absolute atomic E-state index is 11.3. The first-order valence-corrected chi connectivity index (χ1v) is 10.7. The summed E-state index contributed by atoms with van der Waals surface area (Å²) in [5, 5.41) is 23.5. The molecule has 154 valence electrons. The van der Waals surface area contributed by atoms with E-state index in [1.54, 1.807) is 23.9 Å². The van der Waals surface area contributed by atoms with Crippen molar-refractivity contribution in [2.45, 2.75) is 17.4 Å². The van der Waals surface area contributed by atoms with E-state index in [2.05, 4.69) is 20.8 Å². The summed E-state index contributed by atoms with van der Waals surface area (Å²) in [4.78, 5) is 12.4. The molecule has 1 atom stereocenters. The van der Waals surface area contributed by atoms with E-state index in [0.717, 1.165) is 10.5 Å². The fourth-order valence-corrected chi connectivity index (χ4v) is 3.28. The Morgan fingerprint density at radius 2 is 1.83 bits per heavy atom. The number of hydrogen-bond donors (Lipinski definition) is 3. The lowest BCUT2D eigenvalue weighted by molar-refractivity contribution is -0.137. The van der Waals surface area contributed by atoms with Crippen LogP contribution in [0.3, 0.4) is 0 Å². The summed E-state index contributed by atoms with van der Waals surface area (Å²) in [6.07, 6.45) is 1.87. The van der Waals surface area contributed by atoms with Crippen molar-refractivity contribution in [2.75, 3.05) is 11.6 Å². The van der Waals surface area contributed by atoms with Crippen LogP contribution in [0.1, 0.15) is 18.0 Å². The smallest absolute Gasteiger partial charge is 0.305 e. The molecule has 3 N–H and O–H groups in total. The number of carboxylic acids is 1. The van der Waals surface area contributed by atoms with Gasteiger partial charge in [0, 0.05) is 11.0 Å². The van der Waals surface area contributed by atoms with Gasteiger partial charge in [0.2, 0.25) is 5.88 Å². The molecule has 7 nitrogen and oxygen atoms in total. The van der Waals surface area contributed by atoms with E-state index in [-0.39, 0.29) is 11.5 Å². The SMILES string of the molecule is CSc1ccc([C@@H](CC(=O)O)NC(=S)Nc2ccc(Oc3ccccc3)nn2)cc1. The normalized spacial score (nSPS) is 11.4. The van der Waals surface area contributed by atoms with E-state index >= 15 is 0 Å². The first kappa shape index (κ1) is 21.5. The predicted molar refractivity (Wildman–Crippen MR) is 121 cm³/mol. The molecule has 3 aromatic rings. The van der Waals surface area contributed by atoms with Gasteiger partial charge in [0.05, 0.1) is 12.5 Å². The molecule has 3 rings (SSSR count). The monoisotopic (exact) mass is 440 g/mol. The second kappa shape index (κ2) is 10.6. The second-order valence-electron chi connectivity index (χ2n) is 6.19. The van der Waals surface area contributed by atoms with Gasteiger partial charge >= 0.3 is 5.97 Å². The molecular formula is C21H20N4O3S2. The highest BCUT2D eigenvalue weighted by atomic mass is 32.2. The van der Waals surface area contributed by atoms with Gasteiger partial charge in [-0.2, -0.15) is 0 Å². The summed E-state index contributed by atoms with van der Waals surface area (Å²) < 4.78 is 5.61. The molecule has 9 heteroatoms. The minimum atomic E-state index is -0.925. The topological polar surface area (TPSA) is 96.4 Å². The number of thioether (sulfide) groups is 1. The third-order valence-electron chi connectivity index (χ3n) is 4.05. The average Bonchev–Trinajstić information content (AvgIpc) is 2.75. The van der Waals surface area contributed by atoms with Crippen LogP contribution >= 0.6 is 24.0 Å². The van der Waals surface area contributed by atoms with Gasteiger partial charge in [0.1, 0.15) is 5.75 Å². The Balaban J connectivity index is 1.62. The van der Waals surface area contributed by atoms with E-state index in [4.69, 9.17) is 17.0 Å². The van der Waals surface area contributed by atoms with E-state index in [1.807, 2.05) is 60.9 Å². The molecule has 0 amide bonds. The van der Waals surface area contributed by atoms with Gasteiger partial charge in [-0.1, -0.05) is 30.3 Å². The van der Waals surface area contributed by atoms with Gasteiger partial charge in [-0.25, -0.2) is 0 Å². The summed E-state index contributed by atoms with van der Waals surface area (Å²) in [5.41, 5.74) is 0.831. The number of anilines is 1. The third-order valence-corrected chi connectivity index (χ3v) is 5.01. The molecular weight excluding hydrogens is 420 g/mol. The fraction of sp³-hybridized carbons (Fsp3) is 0.143. The highest BCUT2D eigenvalue weighted by molar-refractivity contribution is 7.98. The summed E-state index contributed by atoms with van der Waals surface area (Å²) in [6, 6.07) is 19.8. The number of hydrogen-bond acceptors (Lipinski definition) is 6. The summed E-state index contributed by atoms with van der Waals surface area (Å²) in [7, 11) is 0. The standard InChI is InChI=1S/C21H20N4O3S2/c1-30-16-9-7-14(8-10-16)17(13-20(26)27)22-21(29)23-18-11-12-19(25-24-18)28-15-5-3-2-4-6-15/h2-12,17H,13H2,1H3,(H,26,27)(H2,22,23,24,29)/t17-/m1/s1. The molecule has 0 aliphatic heterocycles. The minimum Gasteiger partial charge on any atom is -0.481 e. The number of para-hydroxylation sites is 1. The zero-order valence-electron chi connectivity index (χ0n) is 16.1. The molecule has 0 fully saturated rings. The van der Waals surface area contributed by atoms with Gasteiger partial charge in [-0.3, -0.25) is 4.79 Å². The van der Waals surface area contributed by atoms with Crippen LogP contribution < -0.4 is 15.4 Å². The second-order valence-corrected chi connectivity index (χ2v) is 7.48. The Labute approximate surface area is 183 Å². The van der Waals surface area contributed by atoms with Crippen LogP contribution in [0.2, 0.25) is 0 Å². The molecule has 30 heavy (non-hydrogen) atoms. The predicted octanol–water partition coefficient (Wildman–Crippen LogP) is 4.49. The lowest BCUT2D eigenvalue weighted by Crippen LogP contribution is -2.33. The zero-order chi connectivity index (χ0) is 21.3. The van der Waals surface area contributed by atoms with E-state index < -0.39 is 12.0 Å². The Morgan fingerprint density at radius 1 is 1.10 bits per heavy atom. The van der Waals surface area contributed by atoms with Crippen LogP contribution in [0.25, 0.3) is 0 Å². The van der Waals surface area contributed by atoms with Crippen LogP contribution in [0.4, 0.5) is 5.82 Å². The van der Waals surface area contributed by atoms with Gasteiger partial charge in [-0.15, -0.1) is 22.0 Å². The number of nitrogens with zero attached hydrogens (tertiary/aromatic N) is 2. The number of thiocarbonyl (C=S) groups is 1. The highest BCUT2D eigenvalue weighted by Crippen LogP contribution is 2.22. The number of aromatic nitrogens is 2. The molecule has 0 aliphatic carbocycles. The van der Waals surface area contributed by atoms with Crippen LogP contribution in [-0.4, -0.2) is 32.6 Å². The molecule has 0 unspecified atom stereocenters. The van der Waals surface area contributed by atoms with Crippen molar-refractivity contribution in [3.63, 3.8) is 0 Å². The molecule has 0 saturated carbocycles. The summed E-state index contributed by atoms with van der Waals surface area (Å²) >= 11 is 6.95. The van der Waals surface area contributed by atoms with Crippen molar-refractivity contribution in [1.82, 2.24) is 15.5 Å². The molecule has 2 aromatic carbocycles. The number of carbonyl (C=O) groups is 1. The molecule has 1 heterocycles. The maximum Gasteiger partial charge on any atom is 0.305 e. The minimum absolute atomic E-state index is 0.115. The third kappa shape index (κ3) is 6.43. The molecule has 0 spiro atoms. The molecule has 0 bridgehead atoms. The number of aliphatic carboxylic acids is 1. The van der Waals surface area contributed by atoms with E-state index in [1.165, 1.54) is 0 Å². The largest absolute Gasteiger partial charge is 0.481 e. The number of nitrogens with one attached hydrogen (secondary N) is 2. The van der Waals surface area contributed by atoms with Crippen molar-refractivity contribution >= 4 is 40.9 Å². The van der Waals surface area contributed by atoms with Crippen molar-refractivity contribution in [2.24, 2.45) is 0 Å². The Morgan fingerprint density at radius 3 is 2.43 bits per heavy atom. The van der Waals surface area contributed by atoms with Gasteiger partial charge in [0.25, 0.3) is 0 Å². The summed E-state index contributed by atoms with van der Waals surface area (Å²) in [6.45, 7) is 0. The van der Waals surface area contributed by atoms with Crippen LogP contribution in [0.5, 0.6) is 11.6 Å². The number of benzene rings is 2. The maximum atomic E-state index is 11.3. The quantitative estimate of drug-likeness (QED) is 0.346. The van der Waals surface area contributed by atoms with Crippen molar-refractivity contribution in [3.8, 4) is 11.6 Å². The molecule has 0 saturated heterocycles. The van der Waals surface area contributed by atoms with Gasteiger partial charge in [-0.05, 0) is 54.4 Å². The van der Waals surface area contributed by atoms with Crippen molar-refractivity contribution in [1.29, 1.82) is 0 Å². The molecule has 1 aromatic heterocycles. The molecule has 0 aliphatic rings. The van der Waals surface area contributed by atoms with E-state index in [9.17, 15) is 9.90 Å². The van der Waals surface area contributed by atoms with Crippen molar-refractivity contribution < 1.29 is 14.6 Å². The lowest BCUT2D eigenvalue weighted by atomic mass is 10.0.